The molecule has 0 spiro atoms. The van der Waals surface area contributed by atoms with Gasteiger partial charge in [-0.1, -0.05) is 44.2 Å². The summed E-state index contributed by atoms with van der Waals surface area (Å²) in [5, 5.41) is 2.77. The first-order chi connectivity index (χ1) is 13.6. The summed E-state index contributed by atoms with van der Waals surface area (Å²) >= 11 is 0. The Labute approximate surface area is 163 Å². The SMILES string of the molecule is O=C(Nc1cnccn1)[C@H](CC1CCCCC1)N1Cc2cccc(F)c2C1=O. The van der Waals surface area contributed by atoms with Crippen molar-refractivity contribution in [3.05, 3.63) is 53.7 Å². The Bertz CT molecular complexity index is 868. The standard InChI is InChI=1S/C21H23FN4O2/c22-16-8-4-7-15-13-26(21(28)19(15)16)17(11-14-5-2-1-3-6-14)20(27)25-18-12-23-9-10-24-18/h4,7-10,12,14,17H,1-3,5-6,11,13H2,(H,24,25,27)/t17-/m0/s1. The molecule has 1 aliphatic carbocycles. The minimum absolute atomic E-state index is 0.0865. The summed E-state index contributed by atoms with van der Waals surface area (Å²) in [6.07, 6.45) is 10.7. The number of halogens is 1. The van der Waals surface area contributed by atoms with Gasteiger partial charge in [-0.2, -0.15) is 0 Å². The summed E-state index contributed by atoms with van der Waals surface area (Å²) < 4.78 is 14.2. The van der Waals surface area contributed by atoms with Crippen molar-refractivity contribution in [3.63, 3.8) is 0 Å². The van der Waals surface area contributed by atoms with Gasteiger partial charge in [-0.25, -0.2) is 9.37 Å². The highest BCUT2D eigenvalue weighted by atomic mass is 19.1. The summed E-state index contributed by atoms with van der Waals surface area (Å²) in [5.41, 5.74) is 0.717. The van der Waals surface area contributed by atoms with E-state index in [1.165, 1.54) is 36.0 Å². The summed E-state index contributed by atoms with van der Waals surface area (Å²) in [6.45, 7) is 0.247. The van der Waals surface area contributed by atoms with Crippen LogP contribution in [0.5, 0.6) is 0 Å². The number of carbonyl (C=O) groups is 2. The lowest BCUT2D eigenvalue weighted by Crippen LogP contribution is -2.45. The molecule has 28 heavy (non-hydrogen) atoms. The molecule has 1 aromatic heterocycles. The minimum atomic E-state index is -0.663. The average Bonchev–Trinajstić information content (AvgIpc) is 3.05. The molecule has 0 unspecified atom stereocenters. The topological polar surface area (TPSA) is 75.2 Å². The molecule has 2 heterocycles. The van der Waals surface area contributed by atoms with E-state index < -0.39 is 17.8 Å². The molecule has 1 saturated carbocycles. The van der Waals surface area contributed by atoms with Crippen LogP contribution in [-0.2, 0) is 11.3 Å². The number of nitrogens with one attached hydrogen (secondary N) is 1. The number of nitrogens with zero attached hydrogens (tertiary/aromatic N) is 3. The van der Waals surface area contributed by atoms with Crippen molar-refractivity contribution in [3.8, 4) is 0 Å². The van der Waals surface area contributed by atoms with Crippen LogP contribution in [0, 0.1) is 11.7 Å². The van der Waals surface area contributed by atoms with Crippen molar-refractivity contribution >= 4 is 17.6 Å². The fourth-order valence-electron chi connectivity index (χ4n) is 4.28. The molecule has 7 heteroatoms. The predicted molar refractivity (Wildman–Crippen MR) is 102 cm³/mol. The largest absolute Gasteiger partial charge is 0.322 e. The molecule has 0 saturated heterocycles. The molecule has 2 aromatic rings. The van der Waals surface area contributed by atoms with Crippen LogP contribution in [0.4, 0.5) is 10.2 Å². The van der Waals surface area contributed by atoms with Gasteiger partial charge in [-0.05, 0) is 24.0 Å². The van der Waals surface area contributed by atoms with Crippen LogP contribution in [0.1, 0.15) is 54.4 Å². The molecule has 1 atom stereocenters. The summed E-state index contributed by atoms with van der Waals surface area (Å²) in [5.74, 6) is -0.518. The fourth-order valence-corrected chi connectivity index (χ4v) is 4.28. The zero-order valence-electron chi connectivity index (χ0n) is 15.6. The number of hydrogen-bond donors (Lipinski definition) is 1. The molecular formula is C21H23FN4O2. The van der Waals surface area contributed by atoms with Gasteiger partial charge in [0.2, 0.25) is 5.91 Å². The Balaban J connectivity index is 1.58. The highest BCUT2D eigenvalue weighted by molar-refractivity contribution is 6.03. The van der Waals surface area contributed by atoms with E-state index in [0.717, 1.165) is 25.7 Å². The number of anilines is 1. The van der Waals surface area contributed by atoms with Gasteiger partial charge in [0.05, 0.1) is 11.8 Å². The second-order valence-corrected chi connectivity index (χ2v) is 7.54. The maximum Gasteiger partial charge on any atom is 0.258 e. The molecule has 1 N–H and O–H groups in total. The van der Waals surface area contributed by atoms with E-state index in [9.17, 15) is 14.0 Å². The van der Waals surface area contributed by atoms with Crippen molar-refractivity contribution < 1.29 is 14.0 Å². The van der Waals surface area contributed by atoms with Crippen molar-refractivity contribution in [2.45, 2.75) is 51.1 Å². The maximum atomic E-state index is 14.2. The Hall–Kier alpha value is -2.83. The zero-order chi connectivity index (χ0) is 19.5. The number of amides is 2. The fraction of sp³-hybridized carbons (Fsp3) is 0.429. The van der Waals surface area contributed by atoms with Gasteiger partial charge >= 0.3 is 0 Å². The van der Waals surface area contributed by atoms with E-state index in [1.54, 1.807) is 12.1 Å². The van der Waals surface area contributed by atoms with E-state index in [4.69, 9.17) is 0 Å². The van der Waals surface area contributed by atoms with Crippen molar-refractivity contribution in [1.82, 2.24) is 14.9 Å². The van der Waals surface area contributed by atoms with Crippen molar-refractivity contribution in [2.24, 2.45) is 5.92 Å². The minimum Gasteiger partial charge on any atom is -0.322 e. The van der Waals surface area contributed by atoms with Gasteiger partial charge in [0.1, 0.15) is 11.9 Å². The molecule has 4 rings (SSSR count). The van der Waals surface area contributed by atoms with E-state index in [1.807, 2.05) is 0 Å². The maximum absolute atomic E-state index is 14.2. The third kappa shape index (κ3) is 3.74. The van der Waals surface area contributed by atoms with Crippen molar-refractivity contribution in [2.75, 3.05) is 5.32 Å². The number of fused-ring (bicyclic) bond motifs is 1. The van der Waals surface area contributed by atoms with Crippen LogP contribution >= 0.6 is 0 Å². The third-order valence-electron chi connectivity index (χ3n) is 5.69. The molecule has 6 nitrogen and oxygen atoms in total. The molecular weight excluding hydrogens is 359 g/mol. The normalized spacial score (nSPS) is 18.0. The number of hydrogen-bond acceptors (Lipinski definition) is 4. The van der Waals surface area contributed by atoms with Gasteiger partial charge in [0, 0.05) is 18.9 Å². The second-order valence-electron chi connectivity index (χ2n) is 7.54. The Morgan fingerprint density at radius 2 is 2.07 bits per heavy atom. The van der Waals surface area contributed by atoms with Crippen LogP contribution < -0.4 is 5.32 Å². The molecule has 0 radical (unpaired) electrons. The van der Waals surface area contributed by atoms with Gasteiger partial charge < -0.3 is 10.2 Å². The lowest BCUT2D eigenvalue weighted by Gasteiger charge is -2.31. The molecule has 2 amide bonds. The quantitative estimate of drug-likeness (QED) is 0.858. The van der Waals surface area contributed by atoms with Crippen molar-refractivity contribution in [1.29, 1.82) is 0 Å². The van der Waals surface area contributed by atoms with Crippen LogP contribution in [0.15, 0.2) is 36.8 Å². The van der Waals surface area contributed by atoms with Crippen LogP contribution in [0.2, 0.25) is 0 Å². The van der Waals surface area contributed by atoms with Crippen LogP contribution in [0.25, 0.3) is 0 Å². The highest BCUT2D eigenvalue weighted by Gasteiger charge is 2.39. The third-order valence-corrected chi connectivity index (χ3v) is 5.69. The van der Waals surface area contributed by atoms with Crippen LogP contribution in [0.3, 0.4) is 0 Å². The van der Waals surface area contributed by atoms with E-state index in [-0.39, 0.29) is 18.0 Å². The molecule has 0 bridgehead atoms. The monoisotopic (exact) mass is 382 g/mol. The van der Waals surface area contributed by atoms with E-state index in [2.05, 4.69) is 15.3 Å². The first-order valence-electron chi connectivity index (χ1n) is 9.78. The Kier molecular flexibility index (Phi) is 5.32. The van der Waals surface area contributed by atoms with E-state index >= 15 is 0 Å². The molecule has 146 valence electrons. The lowest BCUT2D eigenvalue weighted by molar-refractivity contribution is -0.121. The molecule has 1 aromatic carbocycles. The molecule has 2 aliphatic rings. The van der Waals surface area contributed by atoms with Gasteiger partial charge in [-0.15, -0.1) is 0 Å². The second kappa shape index (κ2) is 8.04. The summed E-state index contributed by atoms with van der Waals surface area (Å²) in [6, 6.07) is 3.97. The molecule has 1 fully saturated rings. The number of aromatic nitrogens is 2. The van der Waals surface area contributed by atoms with Gasteiger partial charge in [-0.3, -0.25) is 14.6 Å². The molecule has 1 aliphatic heterocycles. The van der Waals surface area contributed by atoms with E-state index in [0.29, 0.717) is 23.7 Å². The highest BCUT2D eigenvalue weighted by Crippen LogP contribution is 2.33. The predicted octanol–water partition coefficient (Wildman–Crippen LogP) is 3.55. The number of benzene rings is 1. The van der Waals surface area contributed by atoms with Gasteiger partial charge in [0.25, 0.3) is 5.91 Å². The Morgan fingerprint density at radius 1 is 1.25 bits per heavy atom. The first kappa shape index (κ1) is 18.5. The summed E-state index contributed by atoms with van der Waals surface area (Å²) in [4.78, 5) is 35.6. The average molecular weight is 382 g/mol. The lowest BCUT2D eigenvalue weighted by atomic mass is 9.84. The summed E-state index contributed by atoms with van der Waals surface area (Å²) in [7, 11) is 0. The van der Waals surface area contributed by atoms with Crippen LogP contribution in [-0.4, -0.2) is 32.7 Å². The Morgan fingerprint density at radius 3 is 2.79 bits per heavy atom. The zero-order valence-corrected chi connectivity index (χ0v) is 15.6. The van der Waals surface area contributed by atoms with Gasteiger partial charge in [0.15, 0.2) is 5.82 Å². The number of carbonyl (C=O) groups excluding carboxylic acids is 2. The first-order valence-corrected chi connectivity index (χ1v) is 9.78. The smallest absolute Gasteiger partial charge is 0.258 e. The number of rotatable bonds is 5.